The molecule has 3 rings (SSSR count). The van der Waals surface area contributed by atoms with E-state index in [-0.39, 0.29) is 11.5 Å². The van der Waals surface area contributed by atoms with Crippen LogP contribution in [0.4, 0.5) is 10.1 Å². The van der Waals surface area contributed by atoms with E-state index in [0.717, 1.165) is 5.56 Å². The van der Waals surface area contributed by atoms with Crippen LogP contribution in [0.1, 0.15) is 48.6 Å². The highest BCUT2D eigenvalue weighted by atomic mass is 35.5. The van der Waals surface area contributed by atoms with Crippen LogP contribution in [0.25, 0.3) is 0 Å². The lowest BCUT2D eigenvalue weighted by Crippen LogP contribution is -2.29. The normalized spacial score (nSPS) is 12.8. The number of amides is 2. The number of hydrogen-bond acceptors (Lipinski definition) is 5. The number of anilines is 1. The zero-order chi connectivity index (χ0) is 24.1. The van der Waals surface area contributed by atoms with E-state index in [1.807, 2.05) is 24.5 Å². The van der Waals surface area contributed by atoms with Gasteiger partial charge in [0.05, 0.1) is 16.9 Å². The van der Waals surface area contributed by atoms with Gasteiger partial charge in [0.15, 0.2) is 11.0 Å². The number of carbonyl (C=O) groups excluding carboxylic acids is 2. The molecule has 2 N–H and O–H groups in total. The molecular formula is C23H25ClFN5O2S. The van der Waals surface area contributed by atoms with Crippen LogP contribution in [0.2, 0.25) is 5.02 Å². The van der Waals surface area contributed by atoms with E-state index >= 15 is 0 Å². The molecule has 7 nitrogen and oxygen atoms in total. The fourth-order valence-corrected chi connectivity index (χ4v) is 4.22. The zero-order valence-electron chi connectivity index (χ0n) is 18.7. The molecule has 174 valence electrons. The Kier molecular flexibility index (Phi) is 8.10. The van der Waals surface area contributed by atoms with Gasteiger partial charge in [-0.3, -0.25) is 9.59 Å². The molecule has 10 heteroatoms. The summed E-state index contributed by atoms with van der Waals surface area (Å²) in [4.78, 5) is 25.1. The molecule has 0 saturated heterocycles. The van der Waals surface area contributed by atoms with Gasteiger partial charge in [-0.1, -0.05) is 41.6 Å². The Bertz CT molecular complexity index is 1170. The fraction of sp³-hybridized carbons (Fsp3) is 0.304. The molecule has 2 amide bonds. The van der Waals surface area contributed by atoms with Crippen molar-refractivity contribution in [2.75, 3.05) is 5.32 Å². The van der Waals surface area contributed by atoms with Gasteiger partial charge in [0, 0.05) is 17.3 Å². The first-order valence-electron chi connectivity index (χ1n) is 10.4. The summed E-state index contributed by atoms with van der Waals surface area (Å²) in [6.07, 6.45) is 0. The number of nitrogens with one attached hydrogen (secondary N) is 2. The molecule has 0 aliphatic rings. The van der Waals surface area contributed by atoms with E-state index < -0.39 is 23.0 Å². The maximum absolute atomic E-state index is 13.9. The smallest absolute Gasteiger partial charge is 0.254 e. The van der Waals surface area contributed by atoms with Gasteiger partial charge < -0.3 is 15.2 Å². The summed E-state index contributed by atoms with van der Waals surface area (Å²) in [5.74, 6) is -0.814. The molecular weight excluding hydrogens is 465 g/mol. The molecule has 0 saturated carbocycles. The van der Waals surface area contributed by atoms with Crippen LogP contribution < -0.4 is 10.6 Å². The summed E-state index contributed by atoms with van der Waals surface area (Å²) in [6, 6.07) is 10.6. The molecule has 2 aromatic carbocycles. The van der Waals surface area contributed by atoms with Crippen molar-refractivity contribution in [1.29, 1.82) is 0 Å². The van der Waals surface area contributed by atoms with Crippen LogP contribution in [0.3, 0.4) is 0 Å². The van der Waals surface area contributed by atoms with Gasteiger partial charge in [-0.25, -0.2) is 4.39 Å². The quantitative estimate of drug-likeness (QED) is 0.434. The number of benzene rings is 2. The lowest BCUT2D eigenvalue weighted by atomic mass is 10.2. The lowest BCUT2D eigenvalue weighted by Gasteiger charge is -2.16. The Morgan fingerprint density at radius 2 is 1.91 bits per heavy atom. The fourth-order valence-electron chi connectivity index (χ4n) is 3.12. The van der Waals surface area contributed by atoms with Gasteiger partial charge in [-0.15, -0.1) is 10.2 Å². The Labute approximate surface area is 201 Å². The zero-order valence-corrected chi connectivity index (χ0v) is 20.3. The number of aryl methyl sites for hydroxylation is 1. The monoisotopic (exact) mass is 489 g/mol. The molecule has 0 aliphatic carbocycles. The number of aromatic nitrogens is 3. The van der Waals surface area contributed by atoms with Gasteiger partial charge >= 0.3 is 0 Å². The minimum Gasteiger partial charge on any atom is -0.342 e. The second-order valence-electron chi connectivity index (χ2n) is 7.47. The third-order valence-corrected chi connectivity index (χ3v) is 6.49. The Balaban J connectivity index is 1.69. The molecule has 3 aromatic rings. The maximum Gasteiger partial charge on any atom is 0.254 e. The van der Waals surface area contributed by atoms with Gasteiger partial charge in [-0.05, 0) is 57.5 Å². The standard InChI is InChI=1S/C23H25ClFN5O2S/c1-5-30-20(14(3)26-22(32)17-8-6-7-9-19(17)25)28-29-23(30)33-15(4)21(31)27-16-11-10-13(2)18(24)12-16/h6-12,14-15H,5H2,1-4H3,(H,26,32)(H,27,31). The average molecular weight is 490 g/mol. The Morgan fingerprint density at radius 3 is 2.58 bits per heavy atom. The van der Waals surface area contributed by atoms with E-state index in [1.165, 1.54) is 30.0 Å². The van der Waals surface area contributed by atoms with E-state index in [2.05, 4.69) is 20.8 Å². The third kappa shape index (κ3) is 5.91. The Hall–Kier alpha value is -2.91. The summed E-state index contributed by atoms with van der Waals surface area (Å²) < 4.78 is 15.7. The molecule has 0 spiro atoms. The van der Waals surface area contributed by atoms with Crippen molar-refractivity contribution in [3.8, 4) is 0 Å². The van der Waals surface area contributed by atoms with E-state index in [4.69, 9.17) is 11.6 Å². The number of nitrogens with zero attached hydrogens (tertiary/aromatic N) is 3. The topological polar surface area (TPSA) is 88.9 Å². The van der Waals surface area contributed by atoms with Gasteiger partial charge in [0.1, 0.15) is 5.82 Å². The van der Waals surface area contributed by atoms with Gasteiger partial charge in [0.25, 0.3) is 5.91 Å². The highest BCUT2D eigenvalue weighted by Gasteiger charge is 2.24. The molecule has 0 radical (unpaired) electrons. The van der Waals surface area contributed by atoms with Crippen LogP contribution in [-0.4, -0.2) is 31.8 Å². The average Bonchev–Trinajstić information content (AvgIpc) is 3.19. The van der Waals surface area contributed by atoms with Crippen molar-refractivity contribution < 1.29 is 14.0 Å². The molecule has 0 aliphatic heterocycles. The number of thioether (sulfide) groups is 1. The molecule has 0 bridgehead atoms. The van der Waals surface area contributed by atoms with Crippen molar-refractivity contribution in [2.45, 2.75) is 50.7 Å². The first-order valence-corrected chi connectivity index (χ1v) is 11.7. The van der Waals surface area contributed by atoms with E-state index in [9.17, 15) is 14.0 Å². The Morgan fingerprint density at radius 1 is 1.18 bits per heavy atom. The van der Waals surface area contributed by atoms with Crippen molar-refractivity contribution in [2.24, 2.45) is 0 Å². The molecule has 1 aromatic heterocycles. The summed E-state index contributed by atoms with van der Waals surface area (Å²) >= 11 is 7.39. The first-order chi connectivity index (χ1) is 15.7. The van der Waals surface area contributed by atoms with Crippen LogP contribution in [0.5, 0.6) is 0 Å². The highest BCUT2D eigenvalue weighted by Crippen LogP contribution is 2.26. The lowest BCUT2D eigenvalue weighted by molar-refractivity contribution is -0.115. The van der Waals surface area contributed by atoms with Crippen LogP contribution >= 0.6 is 23.4 Å². The van der Waals surface area contributed by atoms with Gasteiger partial charge in [-0.2, -0.15) is 0 Å². The first kappa shape index (κ1) is 24.7. The second-order valence-corrected chi connectivity index (χ2v) is 9.19. The predicted octanol–water partition coefficient (Wildman–Crippen LogP) is 5.01. The summed E-state index contributed by atoms with van der Waals surface area (Å²) in [5.41, 5.74) is 1.50. The second kappa shape index (κ2) is 10.8. The molecule has 2 unspecified atom stereocenters. The summed E-state index contributed by atoms with van der Waals surface area (Å²) in [7, 11) is 0. The largest absolute Gasteiger partial charge is 0.342 e. The number of carbonyl (C=O) groups is 2. The van der Waals surface area contributed by atoms with E-state index in [1.54, 1.807) is 32.0 Å². The number of hydrogen-bond donors (Lipinski definition) is 2. The third-order valence-electron chi connectivity index (χ3n) is 5.01. The predicted molar refractivity (Wildman–Crippen MR) is 128 cm³/mol. The van der Waals surface area contributed by atoms with Crippen molar-refractivity contribution in [1.82, 2.24) is 20.1 Å². The molecule has 33 heavy (non-hydrogen) atoms. The van der Waals surface area contributed by atoms with Gasteiger partial charge in [0.2, 0.25) is 5.91 Å². The SMILES string of the molecule is CCn1c(SC(C)C(=O)Nc2ccc(C)c(Cl)c2)nnc1C(C)NC(=O)c1ccccc1F. The van der Waals surface area contributed by atoms with Crippen molar-refractivity contribution in [3.63, 3.8) is 0 Å². The summed E-state index contributed by atoms with van der Waals surface area (Å²) in [5, 5.41) is 14.7. The maximum atomic E-state index is 13.9. The summed E-state index contributed by atoms with van der Waals surface area (Å²) in [6.45, 7) is 7.86. The minimum absolute atomic E-state index is 0.0389. The number of halogens is 2. The molecule has 2 atom stereocenters. The van der Waals surface area contributed by atoms with Crippen molar-refractivity contribution >= 4 is 40.9 Å². The number of rotatable bonds is 8. The van der Waals surface area contributed by atoms with Crippen molar-refractivity contribution in [3.05, 3.63) is 70.3 Å². The highest BCUT2D eigenvalue weighted by molar-refractivity contribution is 8.00. The molecule has 0 fully saturated rings. The van der Waals surface area contributed by atoms with Crippen LogP contribution in [-0.2, 0) is 11.3 Å². The minimum atomic E-state index is -0.592. The van der Waals surface area contributed by atoms with Crippen LogP contribution in [0, 0.1) is 12.7 Å². The van der Waals surface area contributed by atoms with Crippen LogP contribution in [0.15, 0.2) is 47.6 Å². The van der Waals surface area contributed by atoms with E-state index in [0.29, 0.717) is 28.2 Å². The molecule has 1 heterocycles.